The van der Waals surface area contributed by atoms with Crippen molar-refractivity contribution in [3.63, 3.8) is 0 Å². The number of aryl methyl sites for hydroxylation is 1. The van der Waals surface area contributed by atoms with Crippen LogP contribution in [0.25, 0.3) is 16.8 Å². The zero-order chi connectivity index (χ0) is 23.7. The van der Waals surface area contributed by atoms with Gasteiger partial charge in [0.25, 0.3) is 0 Å². The number of carbonyl (C=O) groups is 1. The normalized spacial score (nSPS) is 14.4. The summed E-state index contributed by atoms with van der Waals surface area (Å²) < 4.78 is 13.6. The van der Waals surface area contributed by atoms with Crippen molar-refractivity contribution >= 4 is 73.9 Å². The Bertz CT molecular complexity index is 1460. The van der Waals surface area contributed by atoms with Gasteiger partial charge >= 0.3 is 5.97 Å². The number of esters is 1. The molecule has 1 heterocycles. The van der Waals surface area contributed by atoms with Gasteiger partial charge in [-0.2, -0.15) is 0 Å². The fourth-order valence-corrected chi connectivity index (χ4v) is 5.98. The van der Waals surface area contributed by atoms with E-state index < -0.39 is 5.97 Å². The van der Waals surface area contributed by atoms with E-state index >= 15 is 0 Å². The average molecular weight is 671 g/mol. The Kier molecular flexibility index (Phi) is 6.69. The summed E-state index contributed by atoms with van der Waals surface area (Å²) in [4.78, 5) is 17.1. The molecular weight excluding hydrogens is 652 g/mol. The van der Waals surface area contributed by atoms with Crippen molar-refractivity contribution in [2.24, 2.45) is 4.99 Å². The molecule has 168 valence electrons. The predicted octanol–water partition coefficient (Wildman–Crippen LogP) is 7.28. The molecule has 0 bridgehead atoms. The lowest BCUT2D eigenvalue weighted by atomic mass is 10.0. The van der Waals surface area contributed by atoms with Crippen LogP contribution in [0.4, 0.5) is 0 Å². The zero-order valence-electron chi connectivity index (χ0n) is 18.2. The van der Waals surface area contributed by atoms with E-state index in [0.29, 0.717) is 12.5 Å². The standard InChI is InChI=1S/C28H19I2NO3/c1-17-6-4-7-18(12-17)16-33-26-23(29)13-19(14-24(26)30)15-25-28(32)34-27(31-25)22-11-5-9-20-8-2-3-10-21(20)22/h2-15H,16H2,1H3. The van der Waals surface area contributed by atoms with Gasteiger partial charge in [-0.05, 0) is 98.3 Å². The Morgan fingerprint density at radius 2 is 1.68 bits per heavy atom. The van der Waals surface area contributed by atoms with Gasteiger partial charge in [0.1, 0.15) is 12.4 Å². The molecular formula is C28H19I2NO3. The van der Waals surface area contributed by atoms with Crippen LogP contribution in [-0.2, 0) is 16.1 Å². The van der Waals surface area contributed by atoms with Gasteiger partial charge in [0.05, 0.1) is 7.14 Å². The van der Waals surface area contributed by atoms with Crippen LogP contribution in [-0.4, -0.2) is 11.9 Å². The van der Waals surface area contributed by atoms with Crippen molar-refractivity contribution in [1.29, 1.82) is 0 Å². The van der Waals surface area contributed by atoms with Gasteiger partial charge < -0.3 is 9.47 Å². The first-order chi connectivity index (χ1) is 16.5. The van der Waals surface area contributed by atoms with E-state index in [1.807, 2.05) is 60.7 Å². The number of fused-ring (bicyclic) bond motifs is 1. The maximum Gasteiger partial charge on any atom is 0.363 e. The summed E-state index contributed by atoms with van der Waals surface area (Å²) in [7, 11) is 0. The number of cyclic esters (lactones) is 1. The van der Waals surface area contributed by atoms with Crippen LogP contribution in [0.2, 0.25) is 0 Å². The number of ether oxygens (including phenoxy) is 2. The van der Waals surface area contributed by atoms with Crippen LogP contribution < -0.4 is 4.74 Å². The first-order valence-electron chi connectivity index (χ1n) is 10.7. The van der Waals surface area contributed by atoms with E-state index in [1.165, 1.54) is 5.56 Å². The van der Waals surface area contributed by atoms with Gasteiger partial charge in [0.15, 0.2) is 5.70 Å². The van der Waals surface area contributed by atoms with Crippen molar-refractivity contribution < 1.29 is 14.3 Å². The quantitative estimate of drug-likeness (QED) is 0.127. The summed E-state index contributed by atoms with van der Waals surface area (Å²) in [5.74, 6) is 0.710. The summed E-state index contributed by atoms with van der Waals surface area (Å²) in [6.45, 7) is 2.57. The second-order valence-electron chi connectivity index (χ2n) is 7.95. The minimum Gasteiger partial charge on any atom is -0.487 e. The molecule has 4 aromatic rings. The van der Waals surface area contributed by atoms with Gasteiger partial charge in [0.2, 0.25) is 5.90 Å². The predicted molar refractivity (Wildman–Crippen MR) is 152 cm³/mol. The molecule has 0 atom stereocenters. The van der Waals surface area contributed by atoms with Crippen molar-refractivity contribution in [1.82, 2.24) is 0 Å². The lowest BCUT2D eigenvalue weighted by Crippen LogP contribution is -2.06. The van der Waals surface area contributed by atoms with E-state index in [4.69, 9.17) is 9.47 Å². The van der Waals surface area contributed by atoms with Crippen molar-refractivity contribution in [2.75, 3.05) is 0 Å². The number of hydrogen-bond donors (Lipinski definition) is 0. The molecule has 5 rings (SSSR count). The third kappa shape index (κ3) is 4.88. The zero-order valence-corrected chi connectivity index (χ0v) is 22.5. The molecule has 0 amide bonds. The van der Waals surface area contributed by atoms with E-state index in [9.17, 15) is 4.79 Å². The molecule has 0 N–H and O–H groups in total. The number of rotatable bonds is 5. The molecule has 0 saturated carbocycles. The number of aliphatic imine (C=N–C) groups is 1. The van der Waals surface area contributed by atoms with Crippen molar-refractivity contribution in [3.05, 3.63) is 114 Å². The third-order valence-corrected chi connectivity index (χ3v) is 7.03. The van der Waals surface area contributed by atoms with Crippen LogP contribution in [0.1, 0.15) is 22.3 Å². The highest BCUT2D eigenvalue weighted by Gasteiger charge is 2.25. The first-order valence-corrected chi connectivity index (χ1v) is 12.8. The van der Waals surface area contributed by atoms with Gasteiger partial charge in [-0.15, -0.1) is 0 Å². The highest BCUT2D eigenvalue weighted by atomic mass is 127. The number of halogens is 2. The fraction of sp³-hybridized carbons (Fsp3) is 0.0714. The Hall–Kier alpha value is -2.72. The molecule has 0 radical (unpaired) electrons. The second kappa shape index (κ2) is 9.87. The van der Waals surface area contributed by atoms with E-state index in [-0.39, 0.29) is 5.70 Å². The highest BCUT2D eigenvalue weighted by Crippen LogP contribution is 2.31. The molecule has 0 unspecified atom stereocenters. The molecule has 0 spiro atoms. The largest absolute Gasteiger partial charge is 0.487 e. The molecule has 34 heavy (non-hydrogen) atoms. The van der Waals surface area contributed by atoms with Gasteiger partial charge in [-0.25, -0.2) is 9.79 Å². The average Bonchev–Trinajstić information content (AvgIpc) is 3.18. The molecule has 0 aliphatic carbocycles. The number of hydrogen-bond acceptors (Lipinski definition) is 4. The molecule has 1 aliphatic heterocycles. The Morgan fingerprint density at radius 1 is 0.941 bits per heavy atom. The molecule has 0 aromatic heterocycles. The summed E-state index contributed by atoms with van der Waals surface area (Å²) in [5, 5.41) is 2.07. The SMILES string of the molecule is Cc1cccc(COc2c(I)cc(C=C3N=C(c4cccc5ccccc45)OC3=O)cc2I)c1. The number of nitrogens with zero attached hydrogens (tertiary/aromatic N) is 1. The summed E-state index contributed by atoms with van der Waals surface area (Å²) in [5.41, 5.74) is 4.29. The summed E-state index contributed by atoms with van der Waals surface area (Å²) in [6.07, 6.45) is 1.76. The van der Waals surface area contributed by atoms with Gasteiger partial charge in [-0.1, -0.05) is 66.2 Å². The highest BCUT2D eigenvalue weighted by molar-refractivity contribution is 14.1. The maximum absolute atomic E-state index is 12.6. The van der Waals surface area contributed by atoms with Crippen molar-refractivity contribution in [3.8, 4) is 5.75 Å². The van der Waals surface area contributed by atoms with Crippen LogP contribution in [0.5, 0.6) is 5.75 Å². The van der Waals surface area contributed by atoms with E-state index in [2.05, 4.69) is 75.3 Å². The Morgan fingerprint density at radius 3 is 2.47 bits per heavy atom. The summed E-state index contributed by atoms with van der Waals surface area (Å²) in [6, 6.07) is 26.1. The first kappa shape index (κ1) is 23.0. The van der Waals surface area contributed by atoms with Crippen LogP contribution in [0, 0.1) is 14.1 Å². The molecule has 4 aromatic carbocycles. The molecule has 6 heteroatoms. The topological polar surface area (TPSA) is 47.9 Å². The van der Waals surface area contributed by atoms with Crippen LogP contribution >= 0.6 is 45.2 Å². The Labute approximate surface area is 225 Å². The van der Waals surface area contributed by atoms with Crippen molar-refractivity contribution in [2.45, 2.75) is 13.5 Å². The fourth-order valence-electron chi connectivity index (χ4n) is 3.85. The van der Waals surface area contributed by atoms with E-state index in [1.54, 1.807) is 6.08 Å². The Balaban J connectivity index is 1.41. The monoisotopic (exact) mass is 671 g/mol. The molecule has 0 fully saturated rings. The summed E-state index contributed by atoms with van der Waals surface area (Å²) >= 11 is 4.53. The number of carbonyl (C=O) groups excluding carboxylic acids is 1. The molecule has 0 saturated heterocycles. The van der Waals surface area contributed by atoms with Crippen LogP contribution in [0.3, 0.4) is 0 Å². The van der Waals surface area contributed by atoms with Gasteiger partial charge in [-0.3, -0.25) is 0 Å². The van der Waals surface area contributed by atoms with E-state index in [0.717, 1.165) is 40.4 Å². The van der Waals surface area contributed by atoms with Crippen LogP contribution in [0.15, 0.2) is 89.6 Å². The minimum atomic E-state index is -0.451. The maximum atomic E-state index is 12.6. The smallest absolute Gasteiger partial charge is 0.363 e. The second-order valence-corrected chi connectivity index (χ2v) is 10.3. The third-order valence-electron chi connectivity index (χ3n) is 5.43. The minimum absolute atomic E-state index is 0.281. The molecule has 4 nitrogen and oxygen atoms in total. The lowest BCUT2D eigenvalue weighted by Gasteiger charge is -2.12. The lowest BCUT2D eigenvalue weighted by molar-refractivity contribution is -0.129. The molecule has 1 aliphatic rings. The van der Waals surface area contributed by atoms with Gasteiger partial charge in [0, 0.05) is 5.56 Å². The number of benzene rings is 4.